The molecule has 0 aliphatic heterocycles. The number of halogens is 1. The lowest BCUT2D eigenvalue weighted by atomic mass is 9.96. The number of hydrogen-bond donors (Lipinski definition) is 1. The smallest absolute Gasteiger partial charge is 0.0441 e. The lowest BCUT2D eigenvalue weighted by Gasteiger charge is -2.15. The fraction of sp³-hybridized carbons (Fsp3) is 0.333. The van der Waals surface area contributed by atoms with E-state index in [0.29, 0.717) is 5.92 Å². The molecular weight excluding hydrogens is 266 g/mol. The molecule has 0 bridgehead atoms. The second-order valence-corrected chi connectivity index (χ2v) is 6.13. The van der Waals surface area contributed by atoms with Crippen molar-refractivity contribution in [3.05, 3.63) is 69.7 Å². The molecule has 0 amide bonds. The average Bonchev–Trinajstić information content (AvgIpc) is 2.42. The third kappa shape index (κ3) is 3.62. The molecule has 1 atom stereocenters. The van der Waals surface area contributed by atoms with E-state index in [0.717, 1.165) is 22.6 Å². The average molecular weight is 288 g/mol. The van der Waals surface area contributed by atoms with Gasteiger partial charge in [0.1, 0.15) is 0 Å². The monoisotopic (exact) mass is 287 g/mol. The maximum Gasteiger partial charge on any atom is 0.0441 e. The number of rotatable bonds is 4. The first-order valence-electron chi connectivity index (χ1n) is 7.08. The molecule has 2 heteroatoms. The summed E-state index contributed by atoms with van der Waals surface area (Å²) in [5.74, 6) is 0.548. The molecule has 2 rings (SSSR count). The van der Waals surface area contributed by atoms with Crippen molar-refractivity contribution in [2.45, 2.75) is 39.2 Å². The minimum atomic E-state index is -0.0172. The summed E-state index contributed by atoms with van der Waals surface area (Å²) in [5, 5.41) is 0.805. The first kappa shape index (κ1) is 15.1. The van der Waals surface area contributed by atoms with Crippen molar-refractivity contribution >= 4 is 11.6 Å². The van der Waals surface area contributed by atoms with Crippen molar-refractivity contribution in [3.8, 4) is 0 Å². The van der Waals surface area contributed by atoms with Crippen LogP contribution in [0, 0.1) is 6.92 Å². The van der Waals surface area contributed by atoms with Crippen molar-refractivity contribution in [2.24, 2.45) is 5.73 Å². The highest BCUT2D eigenvalue weighted by atomic mass is 35.5. The van der Waals surface area contributed by atoms with Crippen LogP contribution >= 0.6 is 11.6 Å². The fourth-order valence-electron chi connectivity index (χ4n) is 2.30. The maximum absolute atomic E-state index is 6.30. The molecule has 2 N–H and O–H groups in total. The van der Waals surface area contributed by atoms with E-state index in [-0.39, 0.29) is 6.04 Å². The maximum atomic E-state index is 6.30. The molecule has 0 fully saturated rings. The lowest BCUT2D eigenvalue weighted by Crippen LogP contribution is -2.13. The topological polar surface area (TPSA) is 26.0 Å². The third-order valence-corrected chi connectivity index (χ3v) is 4.03. The molecule has 0 spiro atoms. The molecule has 2 aromatic carbocycles. The zero-order chi connectivity index (χ0) is 14.7. The number of hydrogen-bond acceptors (Lipinski definition) is 1. The van der Waals surface area contributed by atoms with Crippen LogP contribution in [0.15, 0.2) is 42.5 Å². The third-order valence-electron chi connectivity index (χ3n) is 3.68. The molecule has 0 saturated heterocycles. The lowest BCUT2D eigenvalue weighted by molar-refractivity contribution is 0.720. The minimum Gasteiger partial charge on any atom is -0.324 e. The van der Waals surface area contributed by atoms with E-state index in [9.17, 15) is 0 Å². The van der Waals surface area contributed by atoms with Crippen LogP contribution < -0.4 is 5.73 Å². The summed E-state index contributed by atoms with van der Waals surface area (Å²) in [7, 11) is 0. The van der Waals surface area contributed by atoms with Gasteiger partial charge in [0.25, 0.3) is 0 Å². The Kier molecular flexibility index (Phi) is 4.85. The Morgan fingerprint density at radius 2 is 1.60 bits per heavy atom. The van der Waals surface area contributed by atoms with Gasteiger partial charge in [-0.2, -0.15) is 0 Å². The van der Waals surface area contributed by atoms with Crippen molar-refractivity contribution in [2.75, 3.05) is 0 Å². The predicted molar refractivity (Wildman–Crippen MR) is 87.4 cm³/mol. The fourth-order valence-corrected chi connectivity index (χ4v) is 2.61. The van der Waals surface area contributed by atoms with Gasteiger partial charge in [-0.3, -0.25) is 0 Å². The molecular formula is C18H22ClN. The molecule has 0 aromatic heterocycles. The Labute approximate surface area is 126 Å². The summed E-state index contributed by atoms with van der Waals surface area (Å²) in [6, 6.07) is 14.7. The van der Waals surface area contributed by atoms with Crippen LogP contribution in [0.4, 0.5) is 0 Å². The van der Waals surface area contributed by atoms with E-state index in [2.05, 4.69) is 50.2 Å². The van der Waals surface area contributed by atoms with Crippen LogP contribution in [-0.4, -0.2) is 0 Å². The van der Waals surface area contributed by atoms with Crippen LogP contribution in [-0.2, 0) is 6.42 Å². The van der Waals surface area contributed by atoms with E-state index < -0.39 is 0 Å². The normalized spacial score (nSPS) is 12.7. The summed E-state index contributed by atoms with van der Waals surface area (Å²) in [4.78, 5) is 0. The molecule has 0 saturated carbocycles. The number of benzene rings is 2. The van der Waals surface area contributed by atoms with Crippen molar-refractivity contribution in [3.63, 3.8) is 0 Å². The van der Waals surface area contributed by atoms with E-state index in [1.807, 2.05) is 13.0 Å². The van der Waals surface area contributed by atoms with Crippen LogP contribution in [0.1, 0.15) is 48.1 Å². The molecule has 0 aliphatic carbocycles. The zero-order valence-corrected chi connectivity index (χ0v) is 13.1. The predicted octanol–water partition coefficient (Wildman–Crippen LogP) is 5.01. The van der Waals surface area contributed by atoms with Gasteiger partial charge in [0.2, 0.25) is 0 Å². The van der Waals surface area contributed by atoms with Crippen molar-refractivity contribution in [1.82, 2.24) is 0 Å². The van der Waals surface area contributed by atoms with E-state index in [1.165, 1.54) is 11.1 Å². The minimum absolute atomic E-state index is 0.0172. The molecule has 106 valence electrons. The summed E-state index contributed by atoms with van der Waals surface area (Å²) < 4.78 is 0. The van der Waals surface area contributed by atoms with Gasteiger partial charge in [-0.15, -0.1) is 0 Å². The molecule has 2 aromatic rings. The summed E-state index contributed by atoms with van der Waals surface area (Å²) in [5.41, 5.74) is 11.1. The van der Waals surface area contributed by atoms with E-state index >= 15 is 0 Å². The quantitative estimate of drug-likeness (QED) is 0.840. The molecule has 20 heavy (non-hydrogen) atoms. The van der Waals surface area contributed by atoms with Gasteiger partial charge in [-0.25, -0.2) is 0 Å². The summed E-state index contributed by atoms with van der Waals surface area (Å²) >= 11 is 6.27. The van der Waals surface area contributed by atoms with Gasteiger partial charge in [0.05, 0.1) is 0 Å². The van der Waals surface area contributed by atoms with E-state index in [1.54, 1.807) is 0 Å². The van der Waals surface area contributed by atoms with Gasteiger partial charge < -0.3 is 5.73 Å². The Hall–Kier alpha value is -1.31. The zero-order valence-electron chi connectivity index (χ0n) is 12.4. The van der Waals surface area contributed by atoms with Crippen molar-refractivity contribution in [1.29, 1.82) is 0 Å². The highest BCUT2D eigenvalue weighted by Gasteiger charge is 2.10. The Balaban J connectivity index is 2.13. The van der Waals surface area contributed by atoms with Gasteiger partial charge in [0, 0.05) is 11.1 Å². The standard InChI is InChI=1S/C18H22ClN/c1-12(2)14-6-8-15(9-7-14)18(20)11-16-5-4-13(3)10-17(16)19/h4-10,12,18H,11,20H2,1-3H3. The molecule has 1 unspecified atom stereocenters. The van der Waals surface area contributed by atoms with Gasteiger partial charge in [-0.05, 0) is 47.6 Å². The molecule has 1 nitrogen and oxygen atoms in total. The summed E-state index contributed by atoms with van der Waals surface area (Å²) in [6.07, 6.45) is 0.764. The van der Waals surface area contributed by atoms with E-state index in [4.69, 9.17) is 17.3 Å². The molecule has 0 aliphatic rings. The Bertz CT molecular complexity index is 572. The second-order valence-electron chi connectivity index (χ2n) is 5.73. The highest BCUT2D eigenvalue weighted by Crippen LogP contribution is 2.24. The first-order valence-corrected chi connectivity index (χ1v) is 7.45. The molecule has 0 heterocycles. The SMILES string of the molecule is Cc1ccc(CC(N)c2ccc(C(C)C)cc2)c(Cl)c1. The number of nitrogens with two attached hydrogens (primary N) is 1. The first-order chi connectivity index (χ1) is 9.47. The van der Waals surface area contributed by atoms with Crippen LogP contribution in [0.5, 0.6) is 0 Å². The number of aryl methyl sites for hydroxylation is 1. The highest BCUT2D eigenvalue weighted by molar-refractivity contribution is 6.31. The van der Waals surface area contributed by atoms with Crippen molar-refractivity contribution < 1.29 is 0 Å². The van der Waals surface area contributed by atoms with Gasteiger partial charge >= 0.3 is 0 Å². The molecule has 0 radical (unpaired) electrons. The second kappa shape index (κ2) is 6.43. The largest absolute Gasteiger partial charge is 0.324 e. The Morgan fingerprint density at radius 3 is 2.15 bits per heavy atom. The van der Waals surface area contributed by atoms with Crippen LogP contribution in [0.25, 0.3) is 0 Å². The van der Waals surface area contributed by atoms with Gasteiger partial charge in [-0.1, -0.05) is 61.8 Å². The van der Waals surface area contributed by atoms with Gasteiger partial charge in [0.15, 0.2) is 0 Å². The summed E-state index contributed by atoms with van der Waals surface area (Å²) in [6.45, 7) is 6.43. The van der Waals surface area contributed by atoms with Crippen LogP contribution in [0.2, 0.25) is 5.02 Å². The Morgan fingerprint density at radius 1 is 1.00 bits per heavy atom. The van der Waals surface area contributed by atoms with Crippen LogP contribution in [0.3, 0.4) is 0 Å².